The number of aromatic nitrogens is 2. The van der Waals surface area contributed by atoms with Crippen LogP contribution in [0.3, 0.4) is 0 Å². The molecule has 0 aliphatic rings. The maximum absolute atomic E-state index is 13.0. The molecule has 1 aromatic heterocycles. The first-order valence-corrected chi connectivity index (χ1v) is 8.80. The van der Waals surface area contributed by atoms with E-state index in [1.165, 1.54) is 12.1 Å². The van der Waals surface area contributed by atoms with E-state index in [0.29, 0.717) is 23.8 Å². The fraction of sp³-hybridized carbons (Fsp3) is 0.286. The summed E-state index contributed by atoms with van der Waals surface area (Å²) in [6.07, 6.45) is 0.557. The first-order chi connectivity index (χ1) is 12.8. The molecule has 3 rings (SSSR count). The van der Waals surface area contributed by atoms with Crippen LogP contribution in [0, 0.1) is 5.82 Å². The Balaban J connectivity index is 1.61. The van der Waals surface area contributed by atoms with Crippen LogP contribution < -0.4 is 5.32 Å². The van der Waals surface area contributed by atoms with Gasteiger partial charge in [0.15, 0.2) is 0 Å². The molecule has 0 aliphatic carbocycles. The van der Waals surface area contributed by atoms with Gasteiger partial charge in [0.25, 0.3) is 0 Å². The van der Waals surface area contributed by atoms with Gasteiger partial charge < -0.3 is 9.73 Å². The maximum atomic E-state index is 13.0. The van der Waals surface area contributed by atoms with Crippen LogP contribution in [0.1, 0.15) is 38.6 Å². The largest absolute Gasteiger partial charge is 0.421 e. The van der Waals surface area contributed by atoms with Gasteiger partial charge in [0.2, 0.25) is 17.7 Å². The number of halogens is 1. The number of carbonyl (C=O) groups excluding carboxylic acids is 1. The van der Waals surface area contributed by atoms with E-state index < -0.39 is 0 Å². The molecule has 1 amide bonds. The summed E-state index contributed by atoms with van der Waals surface area (Å²) >= 11 is 0. The molecule has 0 saturated carbocycles. The van der Waals surface area contributed by atoms with Crippen molar-refractivity contribution in [2.24, 2.45) is 0 Å². The highest BCUT2D eigenvalue weighted by Gasteiger charge is 2.19. The molecule has 27 heavy (non-hydrogen) atoms. The summed E-state index contributed by atoms with van der Waals surface area (Å²) in [7, 11) is 0. The molecule has 0 bridgehead atoms. The van der Waals surface area contributed by atoms with Crippen molar-refractivity contribution < 1.29 is 13.6 Å². The van der Waals surface area contributed by atoms with E-state index >= 15 is 0 Å². The van der Waals surface area contributed by atoms with E-state index in [1.54, 1.807) is 12.1 Å². The minimum atomic E-state index is -0.328. The number of rotatable bonds is 5. The Labute approximate surface area is 157 Å². The number of hydrogen-bond acceptors (Lipinski definition) is 4. The van der Waals surface area contributed by atoms with Crippen molar-refractivity contribution in [3.8, 4) is 11.5 Å². The van der Waals surface area contributed by atoms with Crippen LogP contribution in [0.4, 0.5) is 10.1 Å². The molecule has 6 heteroatoms. The summed E-state index contributed by atoms with van der Waals surface area (Å²) in [5.41, 5.74) is 2.46. The second-order valence-corrected chi connectivity index (χ2v) is 7.35. The number of hydrogen-bond donors (Lipinski definition) is 1. The summed E-state index contributed by atoms with van der Waals surface area (Å²) in [5.74, 6) is 0.232. The molecule has 140 valence electrons. The lowest BCUT2D eigenvalue weighted by atomic mass is 9.86. The molecule has 2 aromatic carbocycles. The van der Waals surface area contributed by atoms with Crippen molar-refractivity contribution in [1.82, 2.24) is 10.2 Å². The highest BCUT2D eigenvalue weighted by atomic mass is 19.1. The Bertz CT molecular complexity index is 927. The average molecular weight is 367 g/mol. The summed E-state index contributed by atoms with van der Waals surface area (Å²) in [6, 6.07) is 13.6. The van der Waals surface area contributed by atoms with Gasteiger partial charge in [-0.25, -0.2) is 4.39 Å². The molecule has 3 aromatic rings. The zero-order chi connectivity index (χ0) is 19.4. The van der Waals surface area contributed by atoms with Gasteiger partial charge in [-0.3, -0.25) is 4.79 Å². The lowest BCUT2D eigenvalue weighted by molar-refractivity contribution is -0.116. The third-order valence-corrected chi connectivity index (χ3v) is 4.13. The zero-order valence-corrected chi connectivity index (χ0v) is 15.6. The van der Waals surface area contributed by atoms with Crippen molar-refractivity contribution in [1.29, 1.82) is 0 Å². The van der Waals surface area contributed by atoms with E-state index in [2.05, 4.69) is 36.3 Å². The first kappa shape index (κ1) is 18.8. The number of aryl methyl sites for hydroxylation is 1. The number of amides is 1. The Morgan fingerprint density at radius 1 is 1.07 bits per heavy atom. The van der Waals surface area contributed by atoms with Gasteiger partial charge in [0.05, 0.1) is 0 Å². The average Bonchev–Trinajstić information content (AvgIpc) is 3.09. The molecular formula is C21H22FN3O2. The van der Waals surface area contributed by atoms with Gasteiger partial charge in [-0.1, -0.05) is 39.0 Å². The molecule has 5 nitrogen and oxygen atoms in total. The van der Waals surface area contributed by atoms with E-state index in [4.69, 9.17) is 4.42 Å². The molecule has 0 atom stereocenters. The topological polar surface area (TPSA) is 68.0 Å². The van der Waals surface area contributed by atoms with Crippen molar-refractivity contribution in [2.75, 3.05) is 5.32 Å². The number of para-hydroxylation sites is 1. The number of nitrogens with one attached hydrogen (secondary N) is 1. The van der Waals surface area contributed by atoms with Crippen LogP contribution in [-0.4, -0.2) is 16.1 Å². The SMILES string of the molecule is CC(C)(C)c1ccccc1NC(=O)CCc1nnc(-c2ccc(F)cc2)o1. The third-order valence-electron chi connectivity index (χ3n) is 4.13. The Morgan fingerprint density at radius 2 is 1.78 bits per heavy atom. The minimum Gasteiger partial charge on any atom is -0.421 e. The summed E-state index contributed by atoms with van der Waals surface area (Å²) < 4.78 is 18.6. The molecule has 0 spiro atoms. The van der Waals surface area contributed by atoms with Gasteiger partial charge in [-0.15, -0.1) is 10.2 Å². The molecular weight excluding hydrogens is 345 g/mol. The van der Waals surface area contributed by atoms with E-state index in [9.17, 15) is 9.18 Å². The van der Waals surface area contributed by atoms with Crippen LogP contribution in [0.5, 0.6) is 0 Å². The number of carbonyl (C=O) groups is 1. The van der Waals surface area contributed by atoms with Gasteiger partial charge in [-0.05, 0) is 41.3 Å². The fourth-order valence-corrected chi connectivity index (χ4v) is 2.74. The Kier molecular flexibility index (Phi) is 5.35. The summed E-state index contributed by atoms with van der Waals surface area (Å²) in [5, 5.41) is 10.9. The van der Waals surface area contributed by atoms with Gasteiger partial charge in [0, 0.05) is 24.1 Å². The minimum absolute atomic E-state index is 0.0690. The first-order valence-electron chi connectivity index (χ1n) is 8.80. The Morgan fingerprint density at radius 3 is 2.48 bits per heavy atom. The van der Waals surface area contributed by atoms with Crippen molar-refractivity contribution in [2.45, 2.75) is 39.0 Å². The lowest BCUT2D eigenvalue weighted by Crippen LogP contribution is -2.18. The van der Waals surface area contributed by atoms with Crippen molar-refractivity contribution in [3.63, 3.8) is 0 Å². The van der Waals surface area contributed by atoms with E-state index in [-0.39, 0.29) is 23.6 Å². The van der Waals surface area contributed by atoms with Crippen LogP contribution in [0.25, 0.3) is 11.5 Å². The number of benzene rings is 2. The van der Waals surface area contributed by atoms with Crippen LogP contribution in [0.15, 0.2) is 52.9 Å². The quantitative estimate of drug-likeness (QED) is 0.707. The molecule has 0 aliphatic heterocycles. The molecule has 0 unspecified atom stereocenters. The molecule has 0 fully saturated rings. The van der Waals surface area contributed by atoms with Crippen molar-refractivity contribution in [3.05, 3.63) is 65.8 Å². The highest BCUT2D eigenvalue weighted by Crippen LogP contribution is 2.29. The van der Waals surface area contributed by atoms with E-state index in [1.807, 2.05) is 24.3 Å². The standard InChI is InChI=1S/C21H22FN3O2/c1-21(2,3)16-6-4-5-7-17(16)23-18(26)12-13-19-24-25-20(27-19)14-8-10-15(22)11-9-14/h4-11H,12-13H2,1-3H3,(H,23,26). The molecule has 1 heterocycles. The second-order valence-electron chi connectivity index (χ2n) is 7.35. The molecule has 0 radical (unpaired) electrons. The molecule has 1 N–H and O–H groups in total. The molecule has 0 saturated heterocycles. The normalized spacial score (nSPS) is 11.4. The zero-order valence-electron chi connectivity index (χ0n) is 15.6. The predicted molar refractivity (Wildman–Crippen MR) is 102 cm³/mol. The van der Waals surface area contributed by atoms with E-state index in [0.717, 1.165) is 11.3 Å². The van der Waals surface area contributed by atoms with Gasteiger partial charge >= 0.3 is 0 Å². The summed E-state index contributed by atoms with van der Waals surface area (Å²) in [4.78, 5) is 12.3. The highest BCUT2D eigenvalue weighted by molar-refractivity contribution is 5.91. The maximum Gasteiger partial charge on any atom is 0.247 e. The predicted octanol–water partition coefficient (Wildman–Crippen LogP) is 4.74. The Hall–Kier alpha value is -3.02. The second kappa shape index (κ2) is 7.70. The monoisotopic (exact) mass is 367 g/mol. The van der Waals surface area contributed by atoms with Gasteiger partial charge in [-0.2, -0.15) is 0 Å². The van der Waals surface area contributed by atoms with Crippen LogP contribution in [0.2, 0.25) is 0 Å². The van der Waals surface area contributed by atoms with Gasteiger partial charge in [0.1, 0.15) is 5.82 Å². The third kappa shape index (κ3) is 4.78. The van der Waals surface area contributed by atoms with Crippen LogP contribution in [-0.2, 0) is 16.6 Å². The smallest absolute Gasteiger partial charge is 0.247 e. The lowest BCUT2D eigenvalue weighted by Gasteiger charge is -2.22. The number of anilines is 1. The number of nitrogens with zero attached hydrogens (tertiary/aromatic N) is 2. The fourth-order valence-electron chi connectivity index (χ4n) is 2.74. The van der Waals surface area contributed by atoms with Crippen LogP contribution >= 0.6 is 0 Å². The van der Waals surface area contributed by atoms with Crippen molar-refractivity contribution >= 4 is 11.6 Å². The summed E-state index contributed by atoms with van der Waals surface area (Å²) in [6.45, 7) is 6.31.